The van der Waals surface area contributed by atoms with Crippen LogP contribution in [0.3, 0.4) is 0 Å². The van der Waals surface area contributed by atoms with E-state index in [4.69, 9.17) is 5.26 Å². The molecule has 0 amide bonds. The minimum absolute atomic E-state index is 0.202. The zero-order chi connectivity index (χ0) is 15.7. The minimum Gasteiger partial charge on any atom is -0.251 e. The van der Waals surface area contributed by atoms with Gasteiger partial charge in [0.05, 0.1) is 5.69 Å². The zero-order valence-corrected chi connectivity index (χ0v) is 11.1. The van der Waals surface area contributed by atoms with Crippen molar-refractivity contribution < 1.29 is 13.2 Å². The van der Waals surface area contributed by atoms with Gasteiger partial charge in [-0.3, -0.25) is 4.98 Å². The Morgan fingerprint density at radius 3 is 2.45 bits per heavy atom. The van der Waals surface area contributed by atoms with Crippen LogP contribution >= 0.6 is 0 Å². The first kappa shape index (κ1) is 14.0. The van der Waals surface area contributed by atoms with E-state index in [0.717, 1.165) is 23.0 Å². The number of rotatable bonds is 1. The second-order valence-electron chi connectivity index (χ2n) is 4.62. The van der Waals surface area contributed by atoms with Crippen molar-refractivity contribution in [1.29, 1.82) is 5.26 Å². The van der Waals surface area contributed by atoms with Crippen LogP contribution in [0.2, 0.25) is 0 Å². The first-order valence-electron chi connectivity index (χ1n) is 6.32. The monoisotopic (exact) mass is 299 g/mol. The zero-order valence-electron chi connectivity index (χ0n) is 11.1. The van der Waals surface area contributed by atoms with Crippen LogP contribution in [0.1, 0.15) is 11.4 Å². The van der Waals surface area contributed by atoms with Gasteiger partial charge >= 0.3 is 6.18 Å². The molecule has 0 aliphatic rings. The molecule has 3 aromatic rings. The highest BCUT2D eigenvalue weighted by Crippen LogP contribution is 2.31. The molecule has 108 valence electrons. The highest BCUT2D eigenvalue weighted by Gasteiger charge is 2.32. The molecule has 0 aliphatic carbocycles. The molecule has 2 heterocycles. The van der Waals surface area contributed by atoms with Gasteiger partial charge in [-0.1, -0.05) is 24.3 Å². The summed E-state index contributed by atoms with van der Waals surface area (Å²) < 4.78 is 37.7. The van der Waals surface area contributed by atoms with Crippen LogP contribution in [0.25, 0.3) is 22.0 Å². The van der Waals surface area contributed by atoms with Gasteiger partial charge in [0.2, 0.25) is 0 Å². The predicted molar refractivity (Wildman–Crippen MR) is 74.7 cm³/mol. The lowest BCUT2D eigenvalue weighted by atomic mass is 10.0. The Labute approximate surface area is 123 Å². The molecule has 0 fully saturated rings. The Morgan fingerprint density at radius 2 is 1.82 bits per heavy atom. The summed E-state index contributed by atoms with van der Waals surface area (Å²) in [6.45, 7) is 0. The summed E-state index contributed by atoms with van der Waals surface area (Å²) >= 11 is 0. The van der Waals surface area contributed by atoms with E-state index in [9.17, 15) is 13.2 Å². The second-order valence-corrected chi connectivity index (χ2v) is 4.62. The van der Waals surface area contributed by atoms with Crippen LogP contribution in [-0.4, -0.2) is 9.97 Å². The maximum atomic E-state index is 12.6. The summed E-state index contributed by atoms with van der Waals surface area (Å²) in [4.78, 5) is 7.64. The molecule has 0 unspecified atom stereocenters. The number of hydrogen-bond donors (Lipinski definition) is 0. The van der Waals surface area contributed by atoms with Gasteiger partial charge in [-0.05, 0) is 23.6 Å². The van der Waals surface area contributed by atoms with E-state index < -0.39 is 11.9 Å². The van der Waals surface area contributed by atoms with E-state index in [1.165, 1.54) is 6.07 Å². The molecule has 0 saturated heterocycles. The van der Waals surface area contributed by atoms with Gasteiger partial charge in [-0.15, -0.1) is 0 Å². The van der Waals surface area contributed by atoms with Crippen molar-refractivity contribution in [3.8, 4) is 17.3 Å². The normalized spacial score (nSPS) is 11.4. The van der Waals surface area contributed by atoms with Crippen molar-refractivity contribution in [1.82, 2.24) is 9.97 Å². The highest BCUT2D eigenvalue weighted by molar-refractivity contribution is 5.95. The van der Waals surface area contributed by atoms with Crippen LogP contribution in [-0.2, 0) is 6.18 Å². The Kier molecular flexibility index (Phi) is 3.26. The first-order valence-corrected chi connectivity index (χ1v) is 6.32. The molecule has 22 heavy (non-hydrogen) atoms. The summed E-state index contributed by atoms with van der Waals surface area (Å²) in [7, 11) is 0. The first-order chi connectivity index (χ1) is 10.5. The van der Waals surface area contributed by atoms with Crippen molar-refractivity contribution >= 4 is 10.8 Å². The van der Waals surface area contributed by atoms with Crippen LogP contribution in [0.5, 0.6) is 0 Å². The summed E-state index contributed by atoms with van der Waals surface area (Å²) in [5.74, 6) is 0. The highest BCUT2D eigenvalue weighted by atomic mass is 19.4. The summed E-state index contributed by atoms with van der Waals surface area (Å²) in [5, 5.41) is 10.6. The molecule has 3 nitrogen and oxygen atoms in total. The molecule has 3 rings (SSSR count). The number of halogens is 3. The molecule has 6 heteroatoms. The fraction of sp³-hybridized carbons (Fsp3) is 0.0625. The largest absolute Gasteiger partial charge is 0.433 e. The van der Waals surface area contributed by atoms with E-state index in [1.54, 1.807) is 18.2 Å². The smallest absolute Gasteiger partial charge is 0.251 e. The molecule has 0 N–H and O–H groups in total. The molecule has 2 aromatic heterocycles. The number of pyridine rings is 2. The molecule has 0 bridgehead atoms. The average Bonchev–Trinajstić information content (AvgIpc) is 2.53. The number of nitrogens with zero attached hydrogens (tertiary/aromatic N) is 3. The fourth-order valence-electron chi connectivity index (χ4n) is 2.18. The van der Waals surface area contributed by atoms with Crippen molar-refractivity contribution in [3.05, 3.63) is 60.0 Å². The third kappa shape index (κ3) is 2.49. The quantitative estimate of drug-likeness (QED) is 0.677. The van der Waals surface area contributed by atoms with Crippen molar-refractivity contribution in [2.24, 2.45) is 0 Å². The van der Waals surface area contributed by atoms with Gasteiger partial charge in [0.15, 0.2) is 0 Å². The summed E-state index contributed by atoms with van der Waals surface area (Å²) in [6, 6.07) is 13.0. The van der Waals surface area contributed by atoms with Gasteiger partial charge < -0.3 is 0 Å². The molecule has 0 spiro atoms. The van der Waals surface area contributed by atoms with E-state index in [2.05, 4.69) is 9.97 Å². The molecule has 0 aliphatic heterocycles. The third-order valence-corrected chi connectivity index (χ3v) is 3.18. The molecule has 0 radical (unpaired) electrons. The van der Waals surface area contributed by atoms with Crippen LogP contribution < -0.4 is 0 Å². The second kappa shape index (κ2) is 5.11. The van der Waals surface area contributed by atoms with Gasteiger partial charge in [-0.2, -0.15) is 18.4 Å². The Bertz CT molecular complexity index is 878. The Morgan fingerprint density at radius 1 is 1.05 bits per heavy atom. The number of hydrogen-bond acceptors (Lipinski definition) is 3. The van der Waals surface area contributed by atoms with Crippen molar-refractivity contribution in [2.75, 3.05) is 0 Å². The lowest BCUT2D eigenvalue weighted by Crippen LogP contribution is -2.07. The topological polar surface area (TPSA) is 49.6 Å². The van der Waals surface area contributed by atoms with E-state index in [-0.39, 0.29) is 5.69 Å². The Hall–Kier alpha value is -2.94. The summed E-state index contributed by atoms with van der Waals surface area (Å²) in [6.07, 6.45) is -3.36. The third-order valence-electron chi connectivity index (χ3n) is 3.18. The molecule has 0 saturated carbocycles. The van der Waals surface area contributed by atoms with Crippen LogP contribution in [0, 0.1) is 11.3 Å². The molecule has 0 atom stereocenters. The number of fused-ring (bicyclic) bond motifs is 1. The van der Waals surface area contributed by atoms with Crippen molar-refractivity contribution in [3.63, 3.8) is 0 Å². The number of benzene rings is 1. The predicted octanol–water partition coefficient (Wildman–Crippen LogP) is 4.19. The van der Waals surface area contributed by atoms with Crippen LogP contribution in [0.15, 0.2) is 48.7 Å². The average molecular weight is 299 g/mol. The van der Waals surface area contributed by atoms with Gasteiger partial charge in [-0.25, -0.2) is 4.98 Å². The number of nitriles is 1. The molecule has 1 aromatic carbocycles. The van der Waals surface area contributed by atoms with Gasteiger partial charge in [0, 0.05) is 17.1 Å². The van der Waals surface area contributed by atoms with E-state index in [1.807, 2.05) is 18.2 Å². The van der Waals surface area contributed by atoms with E-state index >= 15 is 0 Å². The lowest BCUT2D eigenvalue weighted by Gasteiger charge is -2.09. The number of alkyl halides is 3. The number of aromatic nitrogens is 2. The van der Waals surface area contributed by atoms with Gasteiger partial charge in [0.25, 0.3) is 0 Å². The lowest BCUT2D eigenvalue weighted by molar-refractivity contribution is -0.141. The maximum Gasteiger partial charge on any atom is 0.433 e. The minimum atomic E-state index is -4.48. The molecular formula is C16H8F3N3. The standard InChI is InChI=1S/C16H8F3N3/c17-16(18,19)14-6-5-11(9-21-14)15-13-4-2-1-3-10(13)7-12(8-20)22-15/h1-7,9H. The summed E-state index contributed by atoms with van der Waals surface area (Å²) in [5.41, 5.74) is 0.114. The van der Waals surface area contributed by atoms with Gasteiger partial charge in [0.1, 0.15) is 17.5 Å². The van der Waals surface area contributed by atoms with E-state index in [0.29, 0.717) is 11.3 Å². The molecular weight excluding hydrogens is 291 g/mol. The van der Waals surface area contributed by atoms with Crippen LogP contribution in [0.4, 0.5) is 13.2 Å². The van der Waals surface area contributed by atoms with Crippen molar-refractivity contribution in [2.45, 2.75) is 6.18 Å². The fourth-order valence-corrected chi connectivity index (χ4v) is 2.18. The SMILES string of the molecule is N#Cc1cc2ccccc2c(-c2ccc(C(F)(F)F)nc2)n1. The maximum absolute atomic E-state index is 12.6. The Balaban J connectivity index is 2.19.